The quantitative estimate of drug-likeness (QED) is 0.501. The van der Waals surface area contributed by atoms with Gasteiger partial charge in [-0.2, -0.15) is 0 Å². The Balaban J connectivity index is 0.000000115. The lowest BCUT2D eigenvalue weighted by atomic mass is 10.2. The first kappa shape index (κ1) is 13.1. The highest BCUT2D eigenvalue weighted by molar-refractivity contribution is 4.82. The maximum absolute atomic E-state index is 2.34. The van der Waals surface area contributed by atoms with E-state index in [9.17, 15) is 0 Å². The normalized spacial score (nSPS) is 27.2. The third kappa shape index (κ3) is 8.96. The fraction of sp³-hybridized carbons (Fsp3) is 1.00. The summed E-state index contributed by atoms with van der Waals surface area (Å²) in [6.07, 6.45) is 11.8. The molecule has 0 saturated heterocycles. The third-order valence-electron chi connectivity index (χ3n) is 3.76. The molecule has 3 aliphatic carbocycles. The lowest BCUT2D eigenvalue weighted by Crippen LogP contribution is -1.78. The summed E-state index contributed by atoms with van der Waals surface area (Å²) >= 11 is 0. The van der Waals surface area contributed by atoms with E-state index >= 15 is 0 Å². The first-order valence-electron chi connectivity index (χ1n) is 6.99. The fourth-order valence-corrected chi connectivity index (χ4v) is 1.55. The molecule has 90 valence electrons. The van der Waals surface area contributed by atoms with E-state index in [0.29, 0.717) is 0 Å². The summed E-state index contributed by atoms with van der Waals surface area (Å²) in [7, 11) is 0. The van der Waals surface area contributed by atoms with Gasteiger partial charge in [0, 0.05) is 0 Å². The summed E-state index contributed by atoms with van der Waals surface area (Å²) < 4.78 is 0. The molecule has 0 aliphatic heterocycles. The second-order valence-electron chi connectivity index (χ2n) is 6.74. The summed E-state index contributed by atoms with van der Waals surface area (Å²) in [4.78, 5) is 0. The lowest BCUT2D eigenvalue weighted by molar-refractivity contribution is 0.612. The molecule has 0 aromatic carbocycles. The van der Waals surface area contributed by atoms with Gasteiger partial charge >= 0.3 is 0 Å². The van der Waals surface area contributed by atoms with Gasteiger partial charge in [-0.15, -0.1) is 0 Å². The van der Waals surface area contributed by atoms with Crippen LogP contribution in [-0.4, -0.2) is 0 Å². The van der Waals surface area contributed by atoms with Crippen LogP contribution in [0, 0.1) is 17.3 Å². The van der Waals surface area contributed by atoms with Crippen molar-refractivity contribution in [3.05, 3.63) is 0 Å². The van der Waals surface area contributed by atoms with Gasteiger partial charge in [-0.3, -0.25) is 0 Å². The van der Waals surface area contributed by atoms with Gasteiger partial charge in [0.15, 0.2) is 0 Å². The molecular weight excluding hydrogens is 180 g/mol. The Labute approximate surface area is 96.8 Å². The highest BCUT2D eigenvalue weighted by atomic mass is 14.4. The molecule has 0 N–H and O–H groups in total. The predicted octanol–water partition coefficient (Wildman–Crippen LogP) is 5.42. The van der Waals surface area contributed by atoms with Crippen molar-refractivity contribution in [2.24, 2.45) is 17.3 Å². The van der Waals surface area contributed by atoms with E-state index in [4.69, 9.17) is 0 Å². The van der Waals surface area contributed by atoms with E-state index in [0.717, 1.165) is 17.3 Å². The summed E-state index contributed by atoms with van der Waals surface area (Å²) in [5.41, 5.74) is 0.750. The molecule has 3 rings (SSSR count). The van der Waals surface area contributed by atoms with Crippen molar-refractivity contribution in [2.75, 3.05) is 0 Å². The molecule has 0 atom stereocenters. The van der Waals surface area contributed by atoms with Crippen LogP contribution >= 0.6 is 0 Å². The lowest BCUT2D eigenvalue weighted by Gasteiger charge is -1.91. The van der Waals surface area contributed by atoms with Crippen LogP contribution in [0.5, 0.6) is 0 Å². The fourth-order valence-electron chi connectivity index (χ4n) is 1.55. The minimum Gasteiger partial charge on any atom is -0.0625 e. The molecule has 0 unspecified atom stereocenters. The molecule has 0 spiro atoms. The Kier molecular flexibility index (Phi) is 5.15. The summed E-state index contributed by atoms with van der Waals surface area (Å²) in [6, 6.07) is 0. The van der Waals surface area contributed by atoms with Crippen molar-refractivity contribution >= 4 is 0 Å². The van der Waals surface area contributed by atoms with Gasteiger partial charge in [-0.25, -0.2) is 0 Å². The van der Waals surface area contributed by atoms with Crippen LogP contribution < -0.4 is 0 Å². The highest BCUT2D eigenvalue weighted by Crippen LogP contribution is 2.43. The third-order valence-corrected chi connectivity index (χ3v) is 3.76. The molecule has 3 saturated carbocycles. The number of rotatable bonds is 0. The average molecular weight is 210 g/mol. The zero-order chi connectivity index (χ0) is 11.3. The second-order valence-corrected chi connectivity index (χ2v) is 6.74. The molecule has 0 heterocycles. The van der Waals surface area contributed by atoms with E-state index in [1.54, 1.807) is 0 Å². The van der Waals surface area contributed by atoms with Crippen molar-refractivity contribution in [3.8, 4) is 0 Å². The summed E-state index contributed by atoms with van der Waals surface area (Å²) in [5.74, 6) is 2.13. The van der Waals surface area contributed by atoms with E-state index in [1.807, 2.05) is 0 Å². The van der Waals surface area contributed by atoms with Crippen LogP contribution in [0.2, 0.25) is 0 Å². The number of hydrogen-bond donors (Lipinski definition) is 0. The minimum atomic E-state index is 0.750. The standard InChI is InChI=1S/C6H12.C5H10.C4H8/c1-6-4-2-3-5-6;1-5(2)3-4-5;1-4-2-3-4/h6H,2-5H2,1H3;3-4H2,1-2H3;4H,2-3H2,1H3. The Morgan fingerprint density at radius 3 is 1.13 bits per heavy atom. The first-order chi connectivity index (χ1) is 6.99. The Morgan fingerprint density at radius 2 is 1.07 bits per heavy atom. The van der Waals surface area contributed by atoms with Gasteiger partial charge in [-0.1, -0.05) is 66.2 Å². The van der Waals surface area contributed by atoms with Gasteiger partial charge in [0.25, 0.3) is 0 Å². The number of hydrogen-bond acceptors (Lipinski definition) is 0. The molecule has 3 fully saturated rings. The maximum Gasteiger partial charge on any atom is -0.0354 e. The van der Waals surface area contributed by atoms with Crippen molar-refractivity contribution in [3.63, 3.8) is 0 Å². The zero-order valence-corrected chi connectivity index (χ0v) is 11.3. The van der Waals surface area contributed by atoms with Crippen LogP contribution in [0.3, 0.4) is 0 Å². The molecule has 0 aromatic heterocycles. The van der Waals surface area contributed by atoms with E-state index < -0.39 is 0 Å². The molecule has 0 nitrogen and oxygen atoms in total. The van der Waals surface area contributed by atoms with Crippen molar-refractivity contribution in [2.45, 2.75) is 79.1 Å². The average Bonchev–Trinajstić information content (AvgIpc) is 3.02. The highest BCUT2D eigenvalue weighted by Gasteiger charge is 2.30. The second kappa shape index (κ2) is 5.92. The van der Waals surface area contributed by atoms with Gasteiger partial charge in [0.05, 0.1) is 0 Å². The van der Waals surface area contributed by atoms with E-state index in [-0.39, 0.29) is 0 Å². The Hall–Kier alpha value is 0. The van der Waals surface area contributed by atoms with Gasteiger partial charge < -0.3 is 0 Å². The summed E-state index contributed by atoms with van der Waals surface area (Å²) in [6.45, 7) is 9.22. The molecule has 0 amide bonds. The SMILES string of the molecule is CC1(C)CC1.CC1CC1.CC1CCCC1. The molecule has 0 bridgehead atoms. The largest absolute Gasteiger partial charge is 0.0625 e. The smallest absolute Gasteiger partial charge is 0.0354 e. The van der Waals surface area contributed by atoms with Crippen molar-refractivity contribution in [1.82, 2.24) is 0 Å². The molecule has 0 radical (unpaired) electrons. The Morgan fingerprint density at radius 1 is 0.733 bits per heavy atom. The van der Waals surface area contributed by atoms with Crippen LogP contribution in [0.25, 0.3) is 0 Å². The molecular formula is C15H30. The van der Waals surface area contributed by atoms with Gasteiger partial charge in [0.2, 0.25) is 0 Å². The van der Waals surface area contributed by atoms with Crippen molar-refractivity contribution in [1.29, 1.82) is 0 Å². The maximum atomic E-state index is 2.34. The molecule has 0 aromatic rings. The van der Waals surface area contributed by atoms with Crippen LogP contribution in [0.15, 0.2) is 0 Å². The van der Waals surface area contributed by atoms with Crippen molar-refractivity contribution < 1.29 is 0 Å². The monoisotopic (exact) mass is 210 g/mol. The van der Waals surface area contributed by atoms with Crippen LogP contribution in [0.1, 0.15) is 79.1 Å². The minimum absolute atomic E-state index is 0.750. The topological polar surface area (TPSA) is 0 Å². The molecule has 3 aliphatic rings. The first-order valence-corrected chi connectivity index (χ1v) is 6.99. The van der Waals surface area contributed by atoms with E-state index in [1.165, 1.54) is 51.4 Å². The zero-order valence-electron chi connectivity index (χ0n) is 11.3. The van der Waals surface area contributed by atoms with Crippen LogP contribution in [0.4, 0.5) is 0 Å². The molecule has 0 heteroatoms. The summed E-state index contributed by atoms with van der Waals surface area (Å²) in [5, 5.41) is 0. The van der Waals surface area contributed by atoms with Gasteiger partial charge in [0.1, 0.15) is 0 Å². The van der Waals surface area contributed by atoms with Crippen LogP contribution in [-0.2, 0) is 0 Å². The van der Waals surface area contributed by atoms with E-state index in [2.05, 4.69) is 27.7 Å². The van der Waals surface area contributed by atoms with Gasteiger partial charge in [-0.05, 0) is 30.1 Å². The molecule has 15 heavy (non-hydrogen) atoms. The predicted molar refractivity (Wildman–Crippen MR) is 69.0 cm³/mol. The Bertz CT molecular complexity index is 153.